The molecule has 5 heteroatoms. The first kappa shape index (κ1) is 18.5. The quantitative estimate of drug-likeness (QED) is 0.837. The largest absolute Gasteiger partial charge is 0.496 e. The summed E-state index contributed by atoms with van der Waals surface area (Å²) in [5.74, 6) is 0.304. The Labute approximate surface area is 148 Å². The number of ketones is 1. The molecule has 0 aliphatic heterocycles. The summed E-state index contributed by atoms with van der Waals surface area (Å²) >= 11 is 0. The Morgan fingerprint density at radius 3 is 1.96 bits per heavy atom. The minimum atomic E-state index is -0.624. The van der Waals surface area contributed by atoms with Gasteiger partial charge in [-0.2, -0.15) is 0 Å². The second kappa shape index (κ2) is 7.38. The maximum absolute atomic E-state index is 13.1. The number of carbonyl (C=O) groups excluding carboxylic acids is 2. The van der Waals surface area contributed by atoms with E-state index in [1.54, 1.807) is 57.2 Å². The number of amides is 1. The molecule has 0 bridgehead atoms. The monoisotopic (exact) mass is 341 g/mol. The molecule has 0 atom stereocenters. The highest BCUT2D eigenvalue weighted by Gasteiger charge is 2.28. The van der Waals surface area contributed by atoms with Crippen LogP contribution in [0.5, 0.6) is 11.5 Å². The number of nitrogens with one attached hydrogen (secondary N) is 1. The third-order valence-corrected chi connectivity index (χ3v) is 3.75. The summed E-state index contributed by atoms with van der Waals surface area (Å²) in [6.45, 7) is 5.40. The first-order valence-electron chi connectivity index (χ1n) is 7.95. The molecule has 5 nitrogen and oxygen atoms in total. The maximum atomic E-state index is 13.1. The van der Waals surface area contributed by atoms with Crippen LogP contribution in [-0.4, -0.2) is 25.9 Å². The minimum absolute atomic E-state index is 0.221. The van der Waals surface area contributed by atoms with Crippen molar-refractivity contribution in [2.45, 2.75) is 20.8 Å². The molecule has 132 valence electrons. The molecule has 1 N–H and O–H groups in total. The van der Waals surface area contributed by atoms with Crippen LogP contribution in [0.2, 0.25) is 0 Å². The van der Waals surface area contributed by atoms with Crippen molar-refractivity contribution in [1.82, 2.24) is 0 Å². The summed E-state index contributed by atoms with van der Waals surface area (Å²) in [4.78, 5) is 25.6. The van der Waals surface area contributed by atoms with Crippen LogP contribution in [0.4, 0.5) is 5.69 Å². The van der Waals surface area contributed by atoms with Crippen molar-refractivity contribution in [2.24, 2.45) is 5.41 Å². The fourth-order valence-electron chi connectivity index (χ4n) is 2.29. The summed E-state index contributed by atoms with van der Waals surface area (Å²) in [6, 6.07) is 12.2. The molecule has 0 heterocycles. The molecule has 0 aliphatic rings. The van der Waals surface area contributed by atoms with Gasteiger partial charge < -0.3 is 14.8 Å². The van der Waals surface area contributed by atoms with Gasteiger partial charge in [-0.3, -0.25) is 9.59 Å². The molecular weight excluding hydrogens is 318 g/mol. The van der Waals surface area contributed by atoms with E-state index in [1.165, 1.54) is 14.2 Å². The highest BCUT2D eigenvalue weighted by Crippen LogP contribution is 2.37. The van der Waals surface area contributed by atoms with Crippen LogP contribution in [0, 0.1) is 5.41 Å². The molecule has 0 radical (unpaired) electrons. The van der Waals surface area contributed by atoms with Gasteiger partial charge in [-0.05, 0) is 12.1 Å². The van der Waals surface area contributed by atoms with Crippen LogP contribution in [-0.2, 0) is 4.79 Å². The van der Waals surface area contributed by atoms with Crippen molar-refractivity contribution < 1.29 is 19.1 Å². The van der Waals surface area contributed by atoms with Crippen molar-refractivity contribution in [3.05, 3.63) is 53.6 Å². The van der Waals surface area contributed by atoms with E-state index in [0.29, 0.717) is 22.7 Å². The van der Waals surface area contributed by atoms with Crippen molar-refractivity contribution in [3.63, 3.8) is 0 Å². The summed E-state index contributed by atoms with van der Waals surface area (Å²) in [5, 5.41) is 2.83. The lowest BCUT2D eigenvalue weighted by molar-refractivity contribution is -0.123. The van der Waals surface area contributed by atoms with Gasteiger partial charge in [0.2, 0.25) is 5.91 Å². The molecule has 0 unspecified atom stereocenters. The molecular formula is C20H23NO4. The molecule has 0 fully saturated rings. The topological polar surface area (TPSA) is 64.6 Å². The van der Waals surface area contributed by atoms with Crippen LogP contribution in [0.25, 0.3) is 0 Å². The second-order valence-corrected chi connectivity index (χ2v) is 6.62. The second-order valence-electron chi connectivity index (χ2n) is 6.62. The van der Waals surface area contributed by atoms with Gasteiger partial charge in [0.25, 0.3) is 0 Å². The van der Waals surface area contributed by atoms with E-state index in [-0.39, 0.29) is 17.3 Å². The Kier molecular flexibility index (Phi) is 5.47. The van der Waals surface area contributed by atoms with Gasteiger partial charge in [-0.1, -0.05) is 51.1 Å². The van der Waals surface area contributed by atoms with Crippen molar-refractivity contribution in [3.8, 4) is 11.5 Å². The van der Waals surface area contributed by atoms with E-state index in [0.717, 1.165) is 0 Å². The van der Waals surface area contributed by atoms with E-state index in [2.05, 4.69) is 5.32 Å². The van der Waals surface area contributed by atoms with Crippen molar-refractivity contribution >= 4 is 17.4 Å². The predicted octanol–water partition coefficient (Wildman–Crippen LogP) is 3.92. The molecule has 0 aliphatic carbocycles. The van der Waals surface area contributed by atoms with E-state index >= 15 is 0 Å². The lowest BCUT2D eigenvalue weighted by atomic mass is 9.94. The molecule has 0 spiro atoms. The minimum Gasteiger partial charge on any atom is -0.496 e. The molecule has 0 aromatic heterocycles. The van der Waals surface area contributed by atoms with Gasteiger partial charge in [0.05, 0.1) is 25.5 Å². The van der Waals surface area contributed by atoms with Crippen molar-refractivity contribution in [1.29, 1.82) is 0 Å². The number of anilines is 1. The molecule has 25 heavy (non-hydrogen) atoms. The average molecular weight is 341 g/mol. The smallest absolute Gasteiger partial charge is 0.229 e. The zero-order chi connectivity index (χ0) is 18.6. The van der Waals surface area contributed by atoms with E-state index in [1.807, 2.05) is 6.07 Å². The predicted molar refractivity (Wildman–Crippen MR) is 97.5 cm³/mol. The summed E-state index contributed by atoms with van der Waals surface area (Å²) < 4.78 is 10.7. The van der Waals surface area contributed by atoms with E-state index in [4.69, 9.17) is 9.47 Å². The SMILES string of the molecule is COc1ccc(OC)c(C(=O)c2ccccc2)c1NC(=O)C(C)(C)C. The van der Waals surface area contributed by atoms with Crippen LogP contribution >= 0.6 is 0 Å². The summed E-state index contributed by atoms with van der Waals surface area (Å²) in [5.41, 5.74) is 0.461. The lowest BCUT2D eigenvalue weighted by Crippen LogP contribution is -2.28. The zero-order valence-electron chi connectivity index (χ0n) is 15.2. The Morgan fingerprint density at radius 1 is 0.880 bits per heavy atom. The number of benzene rings is 2. The fourth-order valence-corrected chi connectivity index (χ4v) is 2.29. The third kappa shape index (κ3) is 3.99. The van der Waals surface area contributed by atoms with Gasteiger partial charge in [0.15, 0.2) is 5.78 Å². The first-order chi connectivity index (χ1) is 11.8. The van der Waals surface area contributed by atoms with Gasteiger partial charge >= 0.3 is 0 Å². The summed E-state index contributed by atoms with van der Waals surface area (Å²) in [7, 11) is 2.98. The van der Waals surface area contributed by atoms with E-state index in [9.17, 15) is 9.59 Å². The standard InChI is InChI=1S/C20H23NO4/c1-20(2,3)19(23)21-17-15(25-5)12-11-14(24-4)16(17)18(22)13-9-7-6-8-10-13/h6-12H,1-5H3,(H,21,23). The Balaban J connectivity index is 2.63. The Hall–Kier alpha value is -2.82. The van der Waals surface area contributed by atoms with Crippen LogP contribution in [0.1, 0.15) is 36.7 Å². The number of ether oxygens (including phenoxy) is 2. The number of hydrogen-bond donors (Lipinski definition) is 1. The average Bonchev–Trinajstić information content (AvgIpc) is 2.60. The summed E-state index contributed by atoms with van der Waals surface area (Å²) in [6.07, 6.45) is 0. The number of methoxy groups -OCH3 is 2. The molecule has 2 aromatic carbocycles. The van der Waals surface area contributed by atoms with Gasteiger partial charge in [-0.25, -0.2) is 0 Å². The molecule has 0 saturated carbocycles. The first-order valence-corrected chi connectivity index (χ1v) is 7.95. The zero-order valence-corrected chi connectivity index (χ0v) is 15.2. The molecule has 2 aromatic rings. The van der Waals surface area contributed by atoms with Gasteiger partial charge in [0, 0.05) is 11.0 Å². The van der Waals surface area contributed by atoms with Gasteiger partial charge in [0.1, 0.15) is 11.5 Å². The highest BCUT2D eigenvalue weighted by atomic mass is 16.5. The third-order valence-electron chi connectivity index (χ3n) is 3.75. The molecule has 2 rings (SSSR count). The normalized spacial score (nSPS) is 10.9. The van der Waals surface area contributed by atoms with Crippen LogP contribution in [0.15, 0.2) is 42.5 Å². The lowest BCUT2D eigenvalue weighted by Gasteiger charge is -2.22. The molecule has 1 amide bonds. The number of carbonyl (C=O) groups is 2. The fraction of sp³-hybridized carbons (Fsp3) is 0.300. The van der Waals surface area contributed by atoms with Crippen LogP contribution in [0.3, 0.4) is 0 Å². The van der Waals surface area contributed by atoms with E-state index < -0.39 is 5.41 Å². The van der Waals surface area contributed by atoms with Crippen molar-refractivity contribution in [2.75, 3.05) is 19.5 Å². The van der Waals surface area contributed by atoms with Gasteiger partial charge in [-0.15, -0.1) is 0 Å². The number of hydrogen-bond acceptors (Lipinski definition) is 4. The number of rotatable bonds is 5. The maximum Gasteiger partial charge on any atom is 0.229 e. The Bertz CT molecular complexity index is 776. The molecule has 0 saturated heterocycles. The Morgan fingerprint density at radius 2 is 1.44 bits per heavy atom. The van der Waals surface area contributed by atoms with Crippen LogP contribution < -0.4 is 14.8 Å². The highest BCUT2D eigenvalue weighted by molar-refractivity contribution is 6.16.